The number of Topliss-reactive ketones (excluding diaryl/α,β-unsaturated/α-hetero) is 1. The molecule has 15 nitrogen and oxygen atoms in total. The van der Waals surface area contributed by atoms with Gasteiger partial charge in [-0.3, -0.25) is 33.6 Å². The van der Waals surface area contributed by atoms with E-state index in [0.29, 0.717) is 37.0 Å². The van der Waals surface area contributed by atoms with Crippen LogP contribution in [-0.2, 0) is 28.8 Å². The van der Waals surface area contributed by atoms with Crippen molar-refractivity contribution < 1.29 is 52.3 Å². The smallest absolute Gasteiger partial charge is 0.339 e. The maximum atomic E-state index is 14.2. The lowest BCUT2D eigenvalue weighted by Crippen LogP contribution is -2.49. The predicted molar refractivity (Wildman–Crippen MR) is 163 cm³/mol. The Morgan fingerprint density at radius 3 is 2.27 bits per heavy atom. The van der Waals surface area contributed by atoms with Crippen LogP contribution < -0.4 is 27.2 Å². The summed E-state index contributed by atoms with van der Waals surface area (Å²) in [5.41, 5.74) is 6.15. The summed E-state index contributed by atoms with van der Waals surface area (Å²) < 4.78 is 28.2. The average Bonchev–Trinajstić information content (AvgIpc) is 3.53. The molecular weight excluding hydrogens is 638 g/mol. The number of nitrogens with zero attached hydrogens (tertiary/aromatic N) is 1. The maximum absolute atomic E-state index is 14.2. The van der Waals surface area contributed by atoms with E-state index in [1.165, 1.54) is 4.90 Å². The number of halogens is 2. The molecule has 0 spiro atoms. The van der Waals surface area contributed by atoms with Gasteiger partial charge in [-0.2, -0.15) is 5.48 Å². The monoisotopic (exact) mass is 674 g/mol. The molecule has 3 atom stereocenters. The predicted octanol–water partition coefficient (Wildman–Crippen LogP) is 0.102. The van der Waals surface area contributed by atoms with Gasteiger partial charge in [-0.05, 0) is 37.0 Å². The number of nitrogens with two attached hydrogens (primary N) is 1. The molecule has 5 amide bonds. The molecular formula is C31H36F2N6O9. The van der Waals surface area contributed by atoms with Gasteiger partial charge in [0.05, 0.1) is 31.3 Å². The summed E-state index contributed by atoms with van der Waals surface area (Å²) in [6.07, 6.45) is 1.71. The quantitative estimate of drug-likeness (QED) is 0.0980. The lowest BCUT2D eigenvalue weighted by molar-refractivity contribution is -0.143. The molecule has 48 heavy (non-hydrogen) atoms. The molecule has 0 saturated carbocycles. The summed E-state index contributed by atoms with van der Waals surface area (Å²) in [6.45, 7) is 0.669. The van der Waals surface area contributed by atoms with Crippen molar-refractivity contribution in [3.05, 3.63) is 70.8 Å². The number of benzene rings is 2. The van der Waals surface area contributed by atoms with Gasteiger partial charge < -0.3 is 31.7 Å². The first-order chi connectivity index (χ1) is 22.8. The van der Waals surface area contributed by atoms with Crippen LogP contribution in [0, 0.1) is 11.6 Å². The zero-order valence-electron chi connectivity index (χ0n) is 25.9. The van der Waals surface area contributed by atoms with E-state index in [1.54, 1.807) is 37.3 Å². The Kier molecular flexibility index (Phi) is 13.6. The van der Waals surface area contributed by atoms with Crippen LogP contribution in [0.4, 0.5) is 8.78 Å². The molecule has 1 heterocycles. The third-order valence-electron chi connectivity index (χ3n) is 7.39. The molecule has 17 heteroatoms. The summed E-state index contributed by atoms with van der Waals surface area (Å²) in [6, 6.07) is 6.62. The van der Waals surface area contributed by atoms with Crippen molar-refractivity contribution in [2.45, 2.75) is 50.7 Å². The number of ketones is 1. The van der Waals surface area contributed by atoms with Crippen molar-refractivity contribution in [2.24, 2.45) is 5.73 Å². The molecule has 0 bridgehead atoms. The molecule has 7 N–H and O–H groups in total. The van der Waals surface area contributed by atoms with E-state index in [2.05, 4.69) is 21.4 Å². The molecule has 0 aromatic heterocycles. The van der Waals surface area contributed by atoms with Crippen molar-refractivity contribution in [1.82, 2.24) is 26.3 Å². The number of primary amides is 1. The van der Waals surface area contributed by atoms with E-state index in [1.807, 2.05) is 0 Å². The molecule has 1 aliphatic heterocycles. The molecule has 0 aliphatic carbocycles. The number of carbonyl (C=O) groups is 7. The summed E-state index contributed by atoms with van der Waals surface area (Å²) in [4.78, 5) is 93.2. The maximum Gasteiger partial charge on any atom is 0.339 e. The Bertz CT molecular complexity index is 1540. The molecule has 0 radical (unpaired) electrons. The van der Waals surface area contributed by atoms with E-state index < -0.39 is 95.3 Å². The Balaban J connectivity index is 1.50. The van der Waals surface area contributed by atoms with Crippen LogP contribution in [0.25, 0.3) is 0 Å². The highest BCUT2D eigenvalue weighted by atomic mass is 19.1. The van der Waals surface area contributed by atoms with Crippen molar-refractivity contribution >= 4 is 41.3 Å². The fourth-order valence-electron chi connectivity index (χ4n) is 5.03. The van der Waals surface area contributed by atoms with Gasteiger partial charge in [-0.15, -0.1) is 0 Å². The third kappa shape index (κ3) is 9.85. The van der Waals surface area contributed by atoms with Crippen LogP contribution in [0.15, 0.2) is 42.5 Å². The number of carboxylic acid groups (broad SMARTS) is 1. The lowest BCUT2D eigenvalue weighted by Gasteiger charge is -2.25. The zero-order valence-corrected chi connectivity index (χ0v) is 25.9. The first-order valence-electron chi connectivity index (χ1n) is 15.0. The number of nitrogens with one attached hydrogen (secondary N) is 4. The van der Waals surface area contributed by atoms with Gasteiger partial charge in [0.1, 0.15) is 29.3 Å². The second-order valence-electron chi connectivity index (χ2n) is 10.8. The molecule has 1 fully saturated rings. The molecule has 1 aliphatic rings. The zero-order chi connectivity index (χ0) is 35.4. The van der Waals surface area contributed by atoms with Gasteiger partial charge >= 0.3 is 5.97 Å². The minimum Gasteiger partial charge on any atom is -0.478 e. The first-order valence-corrected chi connectivity index (χ1v) is 15.0. The number of hydrogen-bond acceptors (Lipinski definition) is 9. The Morgan fingerprint density at radius 1 is 0.979 bits per heavy atom. The normalized spacial score (nSPS) is 15.2. The Labute approximate surface area is 273 Å². The van der Waals surface area contributed by atoms with Crippen LogP contribution in [0.3, 0.4) is 0 Å². The molecule has 2 aromatic carbocycles. The number of aromatic carboxylic acids is 1. The van der Waals surface area contributed by atoms with Crippen LogP contribution in [0.1, 0.15) is 64.9 Å². The molecule has 2 unspecified atom stereocenters. The summed E-state index contributed by atoms with van der Waals surface area (Å²) in [7, 11) is 0. The lowest BCUT2D eigenvalue weighted by atomic mass is 10.1. The van der Waals surface area contributed by atoms with Crippen molar-refractivity contribution in [2.75, 3.05) is 26.2 Å². The number of amides is 5. The fourth-order valence-corrected chi connectivity index (χ4v) is 5.03. The Morgan fingerprint density at radius 2 is 1.65 bits per heavy atom. The van der Waals surface area contributed by atoms with Gasteiger partial charge in [-0.25, -0.2) is 13.6 Å². The van der Waals surface area contributed by atoms with Crippen LogP contribution >= 0.6 is 0 Å². The van der Waals surface area contributed by atoms with E-state index in [0.717, 1.165) is 0 Å². The number of likely N-dealkylation sites (tertiary alicyclic amines) is 1. The number of hydroxylamine groups is 1. The van der Waals surface area contributed by atoms with Gasteiger partial charge in [-0.1, -0.05) is 43.7 Å². The number of carboxylic acids is 1. The topological polar surface area (TPSA) is 226 Å². The van der Waals surface area contributed by atoms with Crippen molar-refractivity contribution in [3.63, 3.8) is 0 Å². The van der Waals surface area contributed by atoms with E-state index in [4.69, 9.17) is 10.6 Å². The van der Waals surface area contributed by atoms with Gasteiger partial charge in [0.25, 0.3) is 11.8 Å². The number of hydrogen-bond donors (Lipinski definition) is 6. The minimum atomic E-state index is -1.85. The van der Waals surface area contributed by atoms with Crippen molar-refractivity contribution in [3.8, 4) is 0 Å². The van der Waals surface area contributed by atoms with Crippen LogP contribution in [0.2, 0.25) is 0 Å². The highest BCUT2D eigenvalue weighted by Gasteiger charge is 2.32. The molecule has 258 valence electrons. The molecule has 1 saturated heterocycles. The number of carbonyl (C=O) groups excluding carboxylic acids is 6. The van der Waals surface area contributed by atoms with Gasteiger partial charge in [0.15, 0.2) is 0 Å². The second kappa shape index (κ2) is 17.6. The molecule has 2 aromatic rings. The van der Waals surface area contributed by atoms with E-state index in [-0.39, 0.29) is 19.6 Å². The Hall–Kier alpha value is -5.29. The second-order valence-corrected chi connectivity index (χ2v) is 10.8. The minimum absolute atomic E-state index is 0.118. The summed E-state index contributed by atoms with van der Waals surface area (Å²) in [5.74, 6) is -9.91. The molecule has 3 rings (SSSR count). The number of rotatable bonds is 17. The van der Waals surface area contributed by atoms with Crippen molar-refractivity contribution in [1.29, 1.82) is 0 Å². The van der Waals surface area contributed by atoms with E-state index in [9.17, 15) is 47.4 Å². The van der Waals surface area contributed by atoms with E-state index >= 15 is 0 Å². The first kappa shape index (κ1) is 37.2. The van der Waals surface area contributed by atoms with Crippen LogP contribution in [0.5, 0.6) is 0 Å². The third-order valence-corrected chi connectivity index (χ3v) is 7.39. The standard InChI is InChI=1S/C31H36F2N6O9/c1-2-7-21(27(42)30(45)35-14-22(40)37-26(28(34)43)17-8-4-3-5-9-17)38-48-16-18-10-6-13-39(18)23(41)15-36-29(44)24-19(32)11-12-20(33)25(24)31(46)47/h3-5,8-9,11-12,18,21,26,38H,2,6-7,10,13-16H2,1H3,(H2,34,43)(H,35,45)(H,36,44)(H,37,40)(H,46,47)/t18-,21?,26?/m0/s1. The van der Waals surface area contributed by atoms with Gasteiger partial charge in [0.2, 0.25) is 23.5 Å². The largest absolute Gasteiger partial charge is 0.478 e. The highest BCUT2D eigenvalue weighted by Crippen LogP contribution is 2.19. The van der Waals surface area contributed by atoms with Gasteiger partial charge in [0, 0.05) is 6.54 Å². The highest BCUT2D eigenvalue weighted by molar-refractivity contribution is 6.38. The fraction of sp³-hybridized carbons (Fsp3) is 0.387. The summed E-state index contributed by atoms with van der Waals surface area (Å²) >= 11 is 0. The van der Waals surface area contributed by atoms with Crippen LogP contribution in [-0.4, -0.2) is 89.6 Å². The SMILES string of the molecule is CCCC(NOC[C@@H]1CCCN1C(=O)CNC(=O)c1c(F)ccc(F)c1C(=O)O)C(=O)C(=O)NCC(=O)NC(C(N)=O)c1ccccc1. The average molecular weight is 675 g/mol. The summed E-state index contributed by atoms with van der Waals surface area (Å²) in [5, 5.41) is 15.9.